The molecule has 0 aliphatic rings. The predicted octanol–water partition coefficient (Wildman–Crippen LogP) is 8.25. The molecule has 0 aliphatic heterocycles. The van der Waals surface area contributed by atoms with Crippen LogP contribution in [0.3, 0.4) is 0 Å². The van der Waals surface area contributed by atoms with Crippen LogP contribution in [0.4, 0.5) is 0 Å². The highest BCUT2D eigenvalue weighted by molar-refractivity contribution is 6.12. The Kier molecular flexibility index (Phi) is 5.30. The van der Waals surface area contributed by atoms with Crippen LogP contribution in [0.2, 0.25) is 0 Å². The van der Waals surface area contributed by atoms with Crippen LogP contribution in [-0.2, 0) is 6.42 Å². The van der Waals surface area contributed by atoms with Crippen molar-refractivity contribution in [3.05, 3.63) is 131 Å². The Labute approximate surface area is 209 Å². The molecule has 0 amide bonds. The van der Waals surface area contributed by atoms with Crippen LogP contribution in [0, 0.1) is 22.7 Å². The first-order valence-electron chi connectivity index (χ1n) is 11.8. The minimum absolute atomic E-state index is 0.619. The smallest absolute Gasteiger partial charge is 0.143 e. The number of hydrogen-bond acceptors (Lipinski definition) is 3. The summed E-state index contributed by atoms with van der Waals surface area (Å²) in [6.45, 7) is 0. The van der Waals surface area contributed by atoms with Gasteiger partial charge in [0.2, 0.25) is 0 Å². The molecule has 6 rings (SSSR count). The van der Waals surface area contributed by atoms with Gasteiger partial charge < -0.3 is 4.42 Å². The molecule has 0 atom stereocenters. The molecule has 36 heavy (non-hydrogen) atoms. The first kappa shape index (κ1) is 21.4. The monoisotopic (exact) mass is 460 g/mol. The standard InChI is InChI=1S/C33H20N2O/c34-20-23-9-13-25(14-10-23)28-18-29(26-15-11-24(21-35)12-16-26)33-30(19-28)32-27(7-4-8-31(32)36-33)17-22-5-2-1-3-6-22/h1-16,18-19H,17H2. The summed E-state index contributed by atoms with van der Waals surface area (Å²) in [5.41, 5.74) is 9.41. The third kappa shape index (κ3) is 3.80. The van der Waals surface area contributed by atoms with Crippen molar-refractivity contribution in [2.24, 2.45) is 0 Å². The Morgan fingerprint density at radius 2 is 1.28 bits per heavy atom. The zero-order chi connectivity index (χ0) is 24.5. The highest BCUT2D eigenvalue weighted by atomic mass is 16.3. The lowest BCUT2D eigenvalue weighted by atomic mass is 9.93. The fourth-order valence-corrected chi connectivity index (χ4v) is 4.81. The van der Waals surface area contributed by atoms with E-state index < -0.39 is 0 Å². The molecule has 5 aromatic carbocycles. The van der Waals surface area contributed by atoms with Crippen LogP contribution in [0.5, 0.6) is 0 Å². The summed E-state index contributed by atoms with van der Waals surface area (Å²) < 4.78 is 6.49. The summed E-state index contributed by atoms with van der Waals surface area (Å²) in [4.78, 5) is 0. The molecule has 0 aliphatic carbocycles. The second-order valence-corrected chi connectivity index (χ2v) is 8.83. The number of furan rings is 1. The van der Waals surface area contributed by atoms with Gasteiger partial charge in [0, 0.05) is 16.3 Å². The minimum atomic E-state index is 0.619. The van der Waals surface area contributed by atoms with Gasteiger partial charge in [-0.3, -0.25) is 0 Å². The molecule has 1 heterocycles. The van der Waals surface area contributed by atoms with Crippen LogP contribution >= 0.6 is 0 Å². The van der Waals surface area contributed by atoms with E-state index in [9.17, 15) is 10.5 Å². The van der Waals surface area contributed by atoms with E-state index in [4.69, 9.17) is 4.42 Å². The molecule has 6 aromatic rings. The molecule has 168 valence electrons. The van der Waals surface area contributed by atoms with Gasteiger partial charge in [0.05, 0.1) is 23.3 Å². The third-order valence-corrected chi connectivity index (χ3v) is 6.59. The van der Waals surface area contributed by atoms with E-state index in [1.807, 2.05) is 66.7 Å². The predicted molar refractivity (Wildman–Crippen MR) is 143 cm³/mol. The molecule has 3 heteroatoms. The van der Waals surface area contributed by atoms with Crippen molar-refractivity contribution in [2.75, 3.05) is 0 Å². The van der Waals surface area contributed by atoms with E-state index in [0.29, 0.717) is 11.1 Å². The van der Waals surface area contributed by atoms with Crippen LogP contribution < -0.4 is 0 Å². The molecule has 0 spiro atoms. The molecule has 1 aromatic heterocycles. The lowest BCUT2D eigenvalue weighted by Gasteiger charge is -2.09. The zero-order valence-electron chi connectivity index (χ0n) is 19.4. The second kappa shape index (κ2) is 8.91. The van der Waals surface area contributed by atoms with E-state index >= 15 is 0 Å². The highest BCUT2D eigenvalue weighted by Gasteiger charge is 2.17. The lowest BCUT2D eigenvalue weighted by molar-refractivity contribution is 0.670. The molecule has 0 saturated carbocycles. The fraction of sp³-hybridized carbons (Fsp3) is 0.0303. The van der Waals surface area contributed by atoms with Gasteiger partial charge in [-0.25, -0.2) is 0 Å². The molecule has 0 unspecified atom stereocenters. The summed E-state index contributed by atoms with van der Waals surface area (Å²) in [5.74, 6) is 0. The van der Waals surface area contributed by atoms with Gasteiger partial charge in [0.1, 0.15) is 11.2 Å². The summed E-state index contributed by atoms with van der Waals surface area (Å²) in [6, 6.07) is 40.6. The molecule has 0 N–H and O–H groups in total. The first-order chi connectivity index (χ1) is 17.7. The molecule has 0 fully saturated rings. The van der Waals surface area contributed by atoms with Crippen molar-refractivity contribution in [1.29, 1.82) is 10.5 Å². The number of nitriles is 2. The number of hydrogen-bond donors (Lipinski definition) is 0. The van der Waals surface area contributed by atoms with Gasteiger partial charge in [-0.15, -0.1) is 0 Å². The quantitative estimate of drug-likeness (QED) is 0.266. The Morgan fingerprint density at radius 3 is 1.94 bits per heavy atom. The number of rotatable bonds is 4. The highest BCUT2D eigenvalue weighted by Crippen LogP contribution is 2.41. The van der Waals surface area contributed by atoms with Crippen molar-refractivity contribution < 1.29 is 4.42 Å². The van der Waals surface area contributed by atoms with E-state index in [0.717, 1.165) is 50.6 Å². The molecule has 3 nitrogen and oxygen atoms in total. The molecule has 0 bridgehead atoms. The van der Waals surface area contributed by atoms with Gasteiger partial charge in [-0.05, 0) is 76.7 Å². The molecule has 0 saturated heterocycles. The summed E-state index contributed by atoms with van der Waals surface area (Å²) >= 11 is 0. The Hall–Kier alpha value is -5.12. The fourth-order valence-electron chi connectivity index (χ4n) is 4.81. The van der Waals surface area contributed by atoms with Gasteiger partial charge >= 0.3 is 0 Å². The normalized spacial score (nSPS) is 10.8. The Morgan fingerprint density at radius 1 is 0.611 bits per heavy atom. The molecular weight excluding hydrogens is 440 g/mol. The van der Waals surface area contributed by atoms with Crippen LogP contribution in [0.25, 0.3) is 44.2 Å². The maximum absolute atomic E-state index is 9.26. The first-order valence-corrected chi connectivity index (χ1v) is 11.8. The van der Waals surface area contributed by atoms with Crippen molar-refractivity contribution >= 4 is 21.9 Å². The summed E-state index contributed by atoms with van der Waals surface area (Å²) in [7, 11) is 0. The molecular formula is C33H20N2O. The van der Waals surface area contributed by atoms with Gasteiger partial charge in [0.25, 0.3) is 0 Å². The maximum Gasteiger partial charge on any atom is 0.143 e. The van der Waals surface area contributed by atoms with Crippen molar-refractivity contribution in [2.45, 2.75) is 6.42 Å². The van der Waals surface area contributed by atoms with E-state index in [1.54, 1.807) is 0 Å². The minimum Gasteiger partial charge on any atom is -0.455 e. The van der Waals surface area contributed by atoms with Crippen LogP contribution in [-0.4, -0.2) is 0 Å². The Bertz CT molecular complexity index is 1800. The third-order valence-electron chi connectivity index (χ3n) is 6.59. The number of fused-ring (bicyclic) bond motifs is 3. The van der Waals surface area contributed by atoms with Crippen LogP contribution in [0.15, 0.2) is 114 Å². The van der Waals surface area contributed by atoms with E-state index in [1.165, 1.54) is 11.1 Å². The molecule has 0 radical (unpaired) electrons. The van der Waals surface area contributed by atoms with Gasteiger partial charge in [-0.1, -0.05) is 66.7 Å². The zero-order valence-corrected chi connectivity index (χ0v) is 19.4. The van der Waals surface area contributed by atoms with E-state index in [-0.39, 0.29) is 0 Å². The lowest BCUT2D eigenvalue weighted by Crippen LogP contribution is -1.89. The maximum atomic E-state index is 9.26. The van der Waals surface area contributed by atoms with Crippen molar-refractivity contribution in [3.8, 4) is 34.4 Å². The van der Waals surface area contributed by atoms with Crippen molar-refractivity contribution in [3.63, 3.8) is 0 Å². The Balaban J connectivity index is 1.63. The number of nitrogens with zero attached hydrogens (tertiary/aromatic N) is 2. The van der Waals surface area contributed by atoms with Crippen molar-refractivity contribution in [1.82, 2.24) is 0 Å². The van der Waals surface area contributed by atoms with Gasteiger partial charge in [-0.2, -0.15) is 10.5 Å². The SMILES string of the molecule is N#Cc1ccc(-c2cc(-c3ccc(C#N)cc3)c3oc4cccc(Cc5ccccc5)c4c3c2)cc1. The number of benzene rings is 5. The van der Waals surface area contributed by atoms with Crippen LogP contribution in [0.1, 0.15) is 22.3 Å². The largest absolute Gasteiger partial charge is 0.455 e. The van der Waals surface area contributed by atoms with E-state index in [2.05, 4.69) is 54.6 Å². The summed E-state index contributed by atoms with van der Waals surface area (Å²) in [5, 5.41) is 20.7. The average molecular weight is 461 g/mol. The topological polar surface area (TPSA) is 60.7 Å². The van der Waals surface area contributed by atoms with Gasteiger partial charge in [0.15, 0.2) is 0 Å². The average Bonchev–Trinajstić information content (AvgIpc) is 3.33. The second-order valence-electron chi connectivity index (χ2n) is 8.83. The summed E-state index contributed by atoms with van der Waals surface area (Å²) in [6.07, 6.45) is 0.806.